The Morgan fingerprint density at radius 2 is 1.00 bits per heavy atom. The van der Waals surface area contributed by atoms with E-state index in [1.54, 1.807) is 0 Å². The Kier molecular flexibility index (Phi) is 6.98. The summed E-state index contributed by atoms with van der Waals surface area (Å²) in [5.74, 6) is -1.01. The summed E-state index contributed by atoms with van der Waals surface area (Å²) in [4.78, 5) is 25.2. The summed E-state index contributed by atoms with van der Waals surface area (Å²) in [6, 6.07) is 25.5. The lowest BCUT2D eigenvalue weighted by atomic mass is 9.98. The minimum absolute atomic E-state index is 0.295. The van der Waals surface area contributed by atoms with Crippen molar-refractivity contribution < 1.29 is 19.8 Å². The molecule has 0 saturated heterocycles. The monoisotopic (exact) mass is 442 g/mol. The van der Waals surface area contributed by atoms with E-state index in [0.29, 0.717) is 0 Å². The highest BCUT2D eigenvalue weighted by Crippen LogP contribution is 2.25. The van der Waals surface area contributed by atoms with Crippen LogP contribution in [0.3, 0.4) is 0 Å². The number of aliphatic hydroxyl groups is 2. The van der Waals surface area contributed by atoms with E-state index in [-0.39, 0.29) is 13.2 Å². The fourth-order valence-electron chi connectivity index (χ4n) is 4.19. The molecule has 0 spiro atoms. The maximum absolute atomic E-state index is 12.6. The van der Waals surface area contributed by atoms with Crippen molar-refractivity contribution in [1.82, 2.24) is 10.6 Å². The predicted molar refractivity (Wildman–Crippen MR) is 128 cm³/mol. The second kappa shape index (κ2) is 10.3. The summed E-state index contributed by atoms with van der Waals surface area (Å²) in [5.41, 5.74) is 1.57. The topological polar surface area (TPSA) is 98.7 Å². The Morgan fingerprint density at radius 1 is 0.606 bits per heavy atom. The summed E-state index contributed by atoms with van der Waals surface area (Å²) >= 11 is 0. The zero-order valence-corrected chi connectivity index (χ0v) is 18.1. The van der Waals surface area contributed by atoms with Crippen LogP contribution in [-0.2, 0) is 9.59 Å². The van der Waals surface area contributed by atoms with Gasteiger partial charge in [-0.1, -0.05) is 84.9 Å². The molecule has 168 valence electrons. The van der Waals surface area contributed by atoms with Crippen LogP contribution in [0.2, 0.25) is 0 Å². The molecular weight excluding hydrogens is 416 g/mol. The van der Waals surface area contributed by atoms with Crippen molar-refractivity contribution in [2.75, 3.05) is 13.2 Å². The number of carbonyl (C=O) groups excluding carboxylic acids is 2. The zero-order valence-electron chi connectivity index (χ0n) is 18.1. The van der Waals surface area contributed by atoms with Gasteiger partial charge in [-0.3, -0.25) is 9.59 Å². The molecule has 2 atom stereocenters. The lowest BCUT2D eigenvalue weighted by Crippen LogP contribution is -2.37. The van der Waals surface area contributed by atoms with Crippen LogP contribution >= 0.6 is 0 Å². The van der Waals surface area contributed by atoms with Crippen molar-refractivity contribution in [3.8, 4) is 0 Å². The first-order valence-electron chi connectivity index (χ1n) is 10.9. The molecule has 4 aromatic rings. The van der Waals surface area contributed by atoms with Crippen LogP contribution in [-0.4, -0.2) is 35.2 Å². The van der Waals surface area contributed by atoms with E-state index >= 15 is 0 Å². The van der Waals surface area contributed by atoms with Crippen LogP contribution in [0.25, 0.3) is 21.5 Å². The fraction of sp³-hybridized carbons (Fsp3) is 0.185. The van der Waals surface area contributed by atoms with Gasteiger partial charge in [-0.05, 0) is 32.7 Å². The Morgan fingerprint density at radius 3 is 1.42 bits per heavy atom. The van der Waals surface area contributed by atoms with E-state index in [1.807, 2.05) is 84.9 Å². The number of amides is 2. The zero-order chi connectivity index (χ0) is 23.2. The number of rotatable bonds is 8. The number of fused-ring (bicyclic) bond motifs is 2. The van der Waals surface area contributed by atoms with Crippen LogP contribution in [0.1, 0.15) is 29.6 Å². The fourth-order valence-corrected chi connectivity index (χ4v) is 4.19. The average molecular weight is 443 g/mol. The minimum atomic E-state index is -0.636. The van der Waals surface area contributed by atoms with Gasteiger partial charge in [-0.15, -0.1) is 0 Å². The molecule has 4 N–H and O–H groups in total. The summed E-state index contributed by atoms with van der Waals surface area (Å²) in [7, 11) is 0. The maximum Gasteiger partial charge on any atom is 0.229 e. The number of benzene rings is 4. The first-order valence-corrected chi connectivity index (χ1v) is 10.9. The molecule has 4 rings (SSSR count). The lowest BCUT2D eigenvalue weighted by Gasteiger charge is -2.20. The highest BCUT2D eigenvalue weighted by Gasteiger charge is 2.21. The van der Waals surface area contributed by atoms with Gasteiger partial charge in [0.25, 0.3) is 0 Å². The third kappa shape index (κ3) is 5.03. The smallest absolute Gasteiger partial charge is 0.229 e. The number of aliphatic hydroxyl groups excluding tert-OH is 2. The molecule has 0 unspecified atom stereocenters. The van der Waals surface area contributed by atoms with E-state index in [2.05, 4.69) is 10.6 Å². The Labute approximate surface area is 191 Å². The van der Waals surface area contributed by atoms with Crippen LogP contribution < -0.4 is 10.6 Å². The molecule has 0 aliphatic heterocycles. The quantitative estimate of drug-likeness (QED) is 0.315. The average Bonchev–Trinajstić information content (AvgIpc) is 2.85. The number of nitrogens with one attached hydrogen (secondary N) is 2. The van der Waals surface area contributed by atoms with Gasteiger partial charge >= 0.3 is 0 Å². The molecule has 0 fully saturated rings. The highest BCUT2D eigenvalue weighted by molar-refractivity contribution is 5.98. The normalized spacial score (nSPS) is 12.9. The Bertz CT molecular complexity index is 1180. The third-order valence-electron chi connectivity index (χ3n) is 5.75. The van der Waals surface area contributed by atoms with Gasteiger partial charge in [0.2, 0.25) is 11.8 Å². The summed E-state index contributed by atoms with van der Waals surface area (Å²) in [6.45, 7) is -0.590. The second-order valence-electron chi connectivity index (χ2n) is 7.92. The molecule has 0 bridgehead atoms. The number of hydrogen-bond donors (Lipinski definition) is 4. The molecule has 6 heteroatoms. The van der Waals surface area contributed by atoms with Gasteiger partial charge < -0.3 is 20.8 Å². The highest BCUT2D eigenvalue weighted by atomic mass is 16.3. The predicted octanol–water partition coefficient (Wildman–Crippen LogP) is 3.38. The van der Waals surface area contributed by atoms with Gasteiger partial charge in [0.15, 0.2) is 0 Å². The third-order valence-corrected chi connectivity index (χ3v) is 5.75. The van der Waals surface area contributed by atoms with Crippen molar-refractivity contribution in [2.24, 2.45) is 0 Å². The van der Waals surface area contributed by atoms with Gasteiger partial charge in [0, 0.05) is 0 Å². The van der Waals surface area contributed by atoms with Crippen molar-refractivity contribution in [3.05, 3.63) is 96.1 Å². The van der Waals surface area contributed by atoms with E-state index in [1.165, 1.54) is 0 Å². The standard InChI is InChI=1S/C27H26N2O4/c30-16-24(22-13-5-9-18-7-1-3-11-20(18)22)28-26(32)15-27(33)29-25(17-31)23-14-6-10-19-8-2-4-12-21(19)23/h1-14,24-25,30-31H,15-17H2,(H,28,32)(H,29,33)/t24-,25-/m0/s1. The van der Waals surface area contributed by atoms with Gasteiger partial charge in [-0.2, -0.15) is 0 Å². The van der Waals surface area contributed by atoms with Crippen LogP contribution in [0.15, 0.2) is 84.9 Å². The lowest BCUT2D eigenvalue weighted by molar-refractivity contribution is -0.130. The minimum Gasteiger partial charge on any atom is -0.394 e. The van der Waals surface area contributed by atoms with E-state index in [9.17, 15) is 19.8 Å². The van der Waals surface area contributed by atoms with Crippen molar-refractivity contribution in [3.63, 3.8) is 0 Å². The van der Waals surface area contributed by atoms with Crippen molar-refractivity contribution in [1.29, 1.82) is 0 Å². The Balaban J connectivity index is 1.45. The number of hydrogen-bond acceptors (Lipinski definition) is 4. The van der Waals surface area contributed by atoms with Crippen LogP contribution in [0.5, 0.6) is 0 Å². The molecule has 0 heterocycles. The van der Waals surface area contributed by atoms with Gasteiger partial charge in [-0.25, -0.2) is 0 Å². The maximum atomic E-state index is 12.6. The van der Waals surface area contributed by atoms with Gasteiger partial charge in [0.05, 0.1) is 25.3 Å². The molecule has 0 radical (unpaired) electrons. The molecule has 6 nitrogen and oxygen atoms in total. The van der Waals surface area contributed by atoms with Crippen molar-refractivity contribution in [2.45, 2.75) is 18.5 Å². The first kappa shape index (κ1) is 22.5. The van der Waals surface area contributed by atoms with Crippen LogP contribution in [0, 0.1) is 0 Å². The largest absolute Gasteiger partial charge is 0.394 e. The first-order chi connectivity index (χ1) is 16.1. The van der Waals surface area contributed by atoms with Crippen LogP contribution in [0.4, 0.5) is 0 Å². The van der Waals surface area contributed by atoms with Crippen molar-refractivity contribution >= 4 is 33.4 Å². The van der Waals surface area contributed by atoms with E-state index < -0.39 is 30.3 Å². The molecule has 0 aliphatic rings. The molecule has 33 heavy (non-hydrogen) atoms. The van der Waals surface area contributed by atoms with E-state index in [0.717, 1.165) is 32.7 Å². The molecule has 4 aromatic carbocycles. The van der Waals surface area contributed by atoms with E-state index in [4.69, 9.17) is 0 Å². The number of carbonyl (C=O) groups is 2. The Hall–Kier alpha value is -3.74. The summed E-state index contributed by atoms with van der Waals surface area (Å²) in [5, 5.41) is 29.2. The molecule has 0 aliphatic carbocycles. The summed E-state index contributed by atoms with van der Waals surface area (Å²) in [6.07, 6.45) is -0.414. The van der Waals surface area contributed by atoms with Gasteiger partial charge in [0.1, 0.15) is 6.42 Å². The summed E-state index contributed by atoms with van der Waals surface area (Å²) < 4.78 is 0. The second-order valence-corrected chi connectivity index (χ2v) is 7.92. The molecule has 2 amide bonds. The molecular formula is C27H26N2O4. The SMILES string of the molecule is O=C(CC(=O)N[C@@H](CO)c1cccc2ccccc12)N[C@@H](CO)c1cccc2ccccc12. The molecule has 0 aromatic heterocycles. The molecule has 0 saturated carbocycles.